The van der Waals surface area contributed by atoms with Gasteiger partial charge in [0, 0.05) is 11.6 Å². The van der Waals surface area contributed by atoms with Crippen LogP contribution in [0.4, 0.5) is 11.5 Å². The van der Waals surface area contributed by atoms with E-state index in [-0.39, 0.29) is 29.1 Å². The number of anilines is 2. The van der Waals surface area contributed by atoms with E-state index >= 15 is 0 Å². The van der Waals surface area contributed by atoms with Gasteiger partial charge in [0.25, 0.3) is 0 Å². The topological polar surface area (TPSA) is 86.2 Å². The molecule has 7 nitrogen and oxygen atoms in total. The van der Waals surface area contributed by atoms with Gasteiger partial charge in [-0.15, -0.1) is 0 Å². The Morgan fingerprint density at radius 3 is 2.62 bits per heavy atom. The van der Waals surface area contributed by atoms with Gasteiger partial charge in [-0.05, 0) is 57.2 Å². The predicted octanol–water partition coefficient (Wildman–Crippen LogP) is 5.13. The third-order valence-electron chi connectivity index (χ3n) is 4.46. The number of rotatable bonds is 7. The van der Waals surface area contributed by atoms with Crippen LogP contribution in [0, 0.1) is 0 Å². The molecule has 1 saturated carbocycles. The van der Waals surface area contributed by atoms with Gasteiger partial charge in [-0.3, -0.25) is 4.79 Å². The molecule has 3 rings (SSSR count). The molecule has 2 heterocycles. The molecule has 1 aliphatic carbocycles. The maximum Gasteiger partial charge on any atom is 0.310 e. The summed E-state index contributed by atoms with van der Waals surface area (Å²) in [6, 6.07) is 3.62. The summed E-state index contributed by atoms with van der Waals surface area (Å²) in [6.45, 7) is 3.55. The molecule has 0 radical (unpaired) electrons. The Morgan fingerprint density at radius 2 is 1.97 bits per heavy atom. The van der Waals surface area contributed by atoms with Crippen molar-refractivity contribution < 1.29 is 14.3 Å². The summed E-state index contributed by atoms with van der Waals surface area (Å²) in [6.07, 6.45) is 7.35. The lowest BCUT2D eigenvalue weighted by atomic mass is 9.98. The average molecular weight is 439 g/mol. The highest BCUT2D eigenvalue weighted by Crippen LogP contribution is 2.28. The van der Waals surface area contributed by atoms with Crippen LogP contribution < -0.4 is 10.1 Å². The van der Waals surface area contributed by atoms with Crippen LogP contribution in [0.1, 0.15) is 51.5 Å². The molecule has 2 aromatic rings. The highest BCUT2D eigenvalue weighted by molar-refractivity contribution is 6.32. The molecule has 0 saturated heterocycles. The Hall–Kier alpha value is -2.12. The van der Waals surface area contributed by atoms with Crippen molar-refractivity contribution in [2.24, 2.45) is 0 Å². The van der Waals surface area contributed by atoms with Gasteiger partial charge in [0.05, 0.1) is 24.4 Å². The van der Waals surface area contributed by atoms with Gasteiger partial charge in [-0.2, -0.15) is 0 Å². The van der Waals surface area contributed by atoms with Gasteiger partial charge in [0.1, 0.15) is 17.1 Å². The van der Waals surface area contributed by atoms with Crippen LogP contribution >= 0.6 is 23.2 Å². The molecule has 0 bridgehead atoms. The Kier molecular flexibility index (Phi) is 7.50. The zero-order chi connectivity index (χ0) is 20.8. The summed E-state index contributed by atoms with van der Waals surface area (Å²) in [4.78, 5) is 24.5. The summed E-state index contributed by atoms with van der Waals surface area (Å²) < 4.78 is 11.1. The molecule has 1 N–H and O–H groups in total. The van der Waals surface area contributed by atoms with Crippen LogP contribution in [-0.4, -0.2) is 33.1 Å². The molecule has 0 spiro atoms. The average Bonchev–Trinajstić information content (AvgIpc) is 2.66. The first-order chi connectivity index (χ1) is 13.9. The van der Waals surface area contributed by atoms with E-state index in [1.54, 1.807) is 26.1 Å². The lowest BCUT2D eigenvalue weighted by molar-refractivity contribution is -0.146. The Bertz CT molecular complexity index is 840. The third kappa shape index (κ3) is 6.44. The number of esters is 1. The van der Waals surface area contributed by atoms with E-state index < -0.39 is 5.97 Å². The monoisotopic (exact) mass is 438 g/mol. The van der Waals surface area contributed by atoms with Crippen LogP contribution in [0.15, 0.2) is 18.3 Å². The maximum atomic E-state index is 12.1. The van der Waals surface area contributed by atoms with Gasteiger partial charge < -0.3 is 14.8 Å². The molecule has 29 heavy (non-hydrogen) atoms. The number of nitrogens with zero attached hydrogens (tertiary/aromatic N) is 3. The highest BCUT2D eigenvalue weighted by atomic mass is 35.5. The lowest BCUT2D eigenvalue weighted by Gasteiger charge is -2.22. The van der Waals surface area contributed by atoms with Crippen molar-refractivity contribution in [1.82, 2.24) is 15.0 Å². The fourth-order valence-electron chi connectivity index (χ4n) is 3.15. The second-order valence-corrected chi connectivity index (χ2v) is 7.91. The fraction of sp³-hybridized carbons (Fsp3) is 0.500. The quantitative estimate of drug-likeness (QED) is 0.364. The standard InChI is InChI=1S/C20H24Cl2N4O3/c1-12(2)28-17(27)10-15-18(21)25-20(22)26-19(15)24-13-8-9-16(23-11-13)29-14-6-4-3-5-7-14/h8-9,11-12,14H,3-7,10H2,1-2H3,(H,24,25,26). The number of ether oxygens (including phenoxy) is 2. The minimum atomic E-state index is -0.426. The maximum absolute atomic E-state index is 12.1. The summed E-state index contributed by atoms with van der Waals surface area (Å²) in [5.74, 6) is 0.491. The summed E-state index contributed by atoms with van der Waals surface area (Å²) in [5.41, 5.74) is 1.06. The normalized spacial score (nSPS) is 14.7. The predicted molar refractivity (Wildman–Crippen MR) is 112 cm³/mol. The van der Waals surface area contributed by atoms with E-state index in [0.29, 0.717) is 22.9 Å². The minimum Gasteiger partial charge on any atom is -0.474 e. The summed E-state index contributed by atoms with van der Waals surface area (Å²) in [5, 5.41) is 3.17. The molecule has 2 aromatic heterocycles. The minimum absolute atomic E-state index is 0.0244. The van der Waals surface area contributed by atoms with Crippen molar-refractivity contribution in [2.75, 3.05) is 5.32 Å². The van der Waals surface area contributed by atoms with Gasteiger partial charge in [0.2, 0.25) is 11.2 Å². The van der Waals surface area contributed by atoms with Crippen LogP contribution in [0.2, 0.25) is 10.4 Å². The first-order valence-corrected chi connectivity index (χ1v) is 10.5. The summed E-state index contributed by atoms with van der Waals surface area (Å²) >= 11 is 12.1. The van der Waals surface area contributed by atoms with Crippen molar-refractivity contribution in [3.05, 3.63) is 34.3 Å². The highest BCUT2D eigenvalue weighted by Gasteiger charge is 2.19. The van der Waals surface area contributed by atoms with Gasteiger partial charge in [-0.25, -0.2) is 15.0 Å². The third-order valence-corrected chi connectivity index (χ3v) is 4.94. The Balaban J connectivity index is 1.72. The fourth-order valence-corrected chi connectivity index (χ4v) is 3.60. The van der Waals surface area contributed by atoms with Crippen LogP contribution in [0.25, 0.3) is 0 Å². The second-order valence-electron chi connectivity index (χ2n) is 7.21. The summed E-state index contributed by atoms with van der Waals surface area (Å²) in [7, 11) is 0. The molecule has 0 aromatic carbocycles. The zero-order valence-electron chi connectivity index (χ0n) is 16.5. The smallest absolute Gasteiger partial charge is 0.310 e. The van der Waals surface area contributed by atoms with E-state index in [0.717, 1.165) is 12.8 Å². The Morgan fingerprint density at radius 1 is 1.21 bits per heavy atom. The molecule has 1 aliphatic rings. The van der Waals surface area contributed by atoms with E-state index in [9.17, 15) is 4.79 Å². The molecular formula is C20H24Cl2N4O3. The van der Waals surface area contributed by atoms with E-state index in [1.807, 2.05) is 6.07 Å². The molecular weight excluding hydrogens is 415 g/mol. The molecule has 0 amide bonds. The number of nitrogens with one attached hydrogen (secondary N) is 1. The number of carbonyl (C=O) groups is 1. The molecule has 0 unspecified atom stereocenters. The van der Waals surface area contributed by atoms with Crippen LogP contribution in [-0.2, 0) is 16.0 Å². The number of hydrogen-bond acceptors (Lipinski definition) is 7. The number of aromatic nitrogens is 3. The van der Waals surface area contributed by atoms with Gasteiger partial charge in [-0.1, -0.05) is 18.0 Å². The van der Waals surface area contributed by atoms with E-state index in [1.165, 1.54) is 19.3 Å². The number of hydrogen-bond donors (Lipinski definition) is 1. The molecule has 1 fully saturated rings. The first-order valence-electron chi connectivity index (χ1n) is 9.72. The van der Waals surface area contributed by atoms with Crippen molar-refractivity contribution in [2.45, 2.75) is 64.6 Å². The largest absolute Gasteiger partial charge is 0.474 e. The molecule has 156 valence electrons. The zero-order valence-corrected chi connectivity index (χ0v) is 18.0. The molecule has 0 aliphatic heterocycles. The van der Waals surface area contributed by atoms with Gasteiger partial charge >= 0.3 is 5.97 Å². The van der Waals surface area contributed by atoms with Crippen LogP contribution in [0.3, 0.4) is 0 Å². The number of carbonyl (C=O) groups excluding carboxylic acids is 1. The second kappa shape index (κ2) is 10.1. The lowest BCUT2D eigenvalue weighted by Crippen LogP contribution is -2.20. The van der Waals surface area contributed by atoms with Crippen molar-refractivity contribution >= 4 is 40.7 Å². The van der Waals surface area contributed by atoms with Crippen molar-refractivity contribution in [3.8, 4) is 5.88 Å². The SMILES string of the molecule is CC(C)OC(=O)Cc1c(Cl)nc(Cl)nc1Nc1ccc(OC2CCCCC2)nc1. The van der Waals surface area contributed by atoms with Gasteiger partial charge in [0.15, 0.2) is 0 Å². The van der Waals surface area contributed by atoms with E-state index in [2.05, 4.69) is 20.3 Å². The van der Waals surface area contributed by atoms with Crippen molar-refractivity contribution in [1.29, 1.82) is 0 Å². The molecule has 0 atom stereocenters. The number of halogens is 2. The van der Waals surface area contributed by atoms with E-state index in [4.69, 9.17) is 32.7 Å². The van der Waals surface area contributed by atoms with Crippen LogP contribution in [0.5, 0.6) is 5.88 Å². The first kappa shape index (κ1) is 21.6. The Labute approximate surface area is 180 Å². The molecule has 9 heteroatoms. The number of pyridine rings is 1. The van der Waals surface area contributed by atoms with Crippen molar-refractivity contribution in [3.63, 3.8) is 0 Å².